The SMILES string of the molecule is CNC1CCC(c2ccc3[nH]c(=O)oc3c2)CC1. The molecule has 1 aliphatic carbocycles. The number of aromatic nitrogens is 1. The van der Waals surface area contributed by atoms with Crippen LogP contribution in [0.1, 0.15) is 37.2 Å². The van der Waals surface area contributed by atoms with Gasteiger partial charge in [0, 0.05) is 6.04 Å². The topological polar surface area (TPSA) is 58.0 Å². The maximum atomic E-state index is 11.1. The highest BCUT2D eigenvalue weighted by molar-refractivity contribution is 5.72. The van der Waals surface area contributed by atoms with Crippen LogP contribution in [-0.2, 0) is 0 Å². The van der Waals surface area contributed by atoms with Gasteiger partial charge in [-0.05, 0) is 56.3 Å². The van der Waals surface area contributed by atoms with Crippen LogP contribution in [0.15, 0.2) is 27.4 Å². The average molecular weight is 246 g/mol. The summed E-state index contributed by atoms with van der Waals surface area (Å²) in [7, 11) is 2.03. The average Bonchev–Trinajstić information content (AvgIpc) is 2.78. The highest BCUT2D eigenvalue weighted by atomic mass is 16.4. The molecule has 0 aliphatic heterocycles. The Balaban J connectivity index is 1.84. The van der Waals surface area contributed by atoms with E-state index in [0.717, 1.165) is 5.52 Å². The third-order valence-electron chi connectivity index (χ3n) is 4.05. The fraction of sp³-hybridized carbons (Fsp3) is 0.500. The van der Waals surface area contributed by atoms with Crippen molar-refractivity contribution in [3.8, 4) is 0 Å². The Hall–Kier alpha value is -1.55. The van der Waals surface area contributed by atoms with E-state index >= 15 is 0 Å². The molecule has 1 fully saturated rings. The molecule has 1 heterocycles. The molecule has 4 nitrogen and oxygen atoms in total. The van der Waals surface area contributed by atoms with Crippen molar-refractivity contribution in [2.24, 2.45) is 0 Å². The maximum Gasteiger partial charge on any atom is 0.417 e. The molecule has 1 aromatic carbocycles. The van der Waals surface area contributed by atoms with Crippen LogP contribution in [0.25, 0.3) is 11.1 Å². The standard InChI is InChI=1S/C14H18N2O2/c1-15-11-5-2-9(3-6-11)10-4-7-12-13(8-10)18-14(17)16-12/h4,7-9,11,15H,2-3,5-6H2,1H3,(H,16,17). The minimum atomic E-state index is -0.374. The van der Waals surface area contributed by atoms with E-state index in [-0.39, 0.29) is 5.76 Å². The van der Waals surface area contributed by atoms with Crippen molar-refractivity contribution in [3.05, 3.63) is 34.3 Å². The molecule has 0 saturated heterocycles. The number of aromatic amines is 1. The Morgan fingerprint density at radius 2 is 2.06 bits per heavy atom. The third kappa shape index (κ3) is 2.08. The van der Waals surface area contributed by atoms with Gasteiger partial charge < -0.3 is 9.73 Å². The Bertz CT molecular complexity index is 591. The van der Waals surface area contributed by atoms with E-state index in [9.17, 15) is 4.79 Å². The summed E-state index contributed by atoms with van der Waals surface area (Å²) in [6.45, 7) is 0. The maximum absolute atomic E-state index is 11.1. The number of rotatable bonds is 2. The van der Waals surface area contributed by atoms with Gasteiger partial charge in [0.05, 0.1) is 5.52 Å². The van der Waals surface area contributed by atoms with Crippen LogP contribution in [0.3, 0.4) is 0 Å². The van der Waals surface area contributed by atoms with E-state index in [1.807, 2.05) is 19.2 Å². The fourth-order valence-electron chi connectivity index (χ4n) is 2.93. The second-order valence-corrected chi connectivity index (χ2v) is 5.11. The fourth-order valence-corrected chi connectivity index (χ4v) is 2.93. The molecule has 0 spiro atoms. The normalized spacial score (nSPS) is 24.5. The van der Waals surface area contributed by atoms with Crippen molar-refractivity contribution >= 4 is 11.1 Å². The summed E-state index contributed by atoms with van der Waals surface area (Å²) in [5.74, 6) is 0.222. The lowest BCUT2D eigenvalue weighted by atomic mass is 9.82. The first kappa shape index (κ1) is 11.5. The molecule has 1 saturated carbocycles. The summed E-state index contributed by atoms with van der Waals surface area (Å²) in [5.41, 5.74) is 2.75. The number of fused-ring (bicyclic) bond motifs is 1. The largest absolute Gasteiger partial charge is 0.417 e. The molecule has 0 unspecified atom stereocenters. The van der Waals surface area contributed by atoms with Gasteiger partial charge in [0.15, 0.2) is 5.58 Å². The van der Waals surface area contributed by atoms with Crippen molar-refractivity contribution < 1.29 is 4.42 Å². The van der Waals surface area contributed by atoms with Gasteiger partial charge in [-0.1, -0.05) is 6.07 Å². The second-order valence-electron chi connectivity index (χ2n) is 5.11. The van der Waals surface area contributed by atoms with Crippen LogP contribution >= 0.6 is 0 Å². The first-order valence-electron chi connectivity index (χ1n) is 6.56. The predicted octanol–water partition coefficient (Wildman–Crippen LogP) is 2.37. The van der Waals surface area contributed by atoms with E-state index in [2.05, 4.69) is 16.4 Å². The number of oxazole rings is 1. The van der Waals surface area contributed by atoms with Crippen molar-refractivity contribution in [1.29, 1.82) is 0 Å². The molecule has 1 aliphatic rings. The zero-order valence-electron chi connectivity index (χ0n) is 10.5. The zero-order chi connectivity index (χ0) is 12.5. The quantitative estimate of drug-likeness (QED) is 0.855. The minimum Gasteiger partial charge on any atom is -0.408 e. The van der Waals surface area contributed by atoms with E-state index in [0.29, 0.717) is 17.5 Å². The Kier molecular flexibility index (Phi) is 2.96. The molecule has 0 atom stereocenters. The Morgan fingerprint density at radius 3 is 2.78 bits per heavy atom. The molecule has 3 rings (SSSR count). The van der Waals surface area contributed by atoms with Gasteiger partial charge in [-0.25, -0.2) is 4.79 Å². The van der Waals surface area contributed by atoms with Gasteiger partial charge in [0.2, 0.25) is 0 Å². The summed E-state index contributed by atoms with van der Waals surface area (Å²) in [6.07, 6.45) is 4.84. The van der Waals surface area contributed by atoms with Crippen LogP contribution in [0.4, 0.5) is 0 Å². The lowest BCUT2D eigenvalue weighted by molar-refractivity contribution is 0.358. The van der Waals surface area contributed by atoms with Gasteiger partial charge in [-0.15, -0.1) is 0 Å². The lowest BCUT2D eigenvalue weighted by Gasteiger charge is -2.28. The number of benzene rings is 1. The van der Waals surface area contributed by atoms with E-state index in [1.54, 1.807) is 0 Å². The summed E-state index contributed by atoms with van der Waals surface area (Å²) in [4.78, 5) is 13.8. The van der Waals surface area contributed by atoms with Crippen LogP contribution in [0, 0.1) is 0 Å². The number of nitrogens with one attached hydrogen (secondary N) is 2. The lowest BCUT2D eigenvalue weighted by Crippen LogP contribution is -2.29. The molecule has 96 valence electrons. The van der Waals surface area contributed by atoms with Crippen molar-refractivity contribution in [3.63, 3.8) is 0 Å². The van der Waals surface area contributed by atoms with Gasteiger partial charge in [-0.2, -0.15) is 0 Å². The zero-order valence-corrected chi connectivity index (χ0v) is 10.5. The van der Waals surface area contributed by atoms with Gasteiger partial charge in [0.1, 0.15) is 0 Å². The highest BCUT2D eigenvalue weighted by Crippen LogP contribution is 2.33. The molecular weight excluding hydrogens is 228 g/mol. The van der Waals surface area contributed by atoms with Crippen LogP contribution in [-0.4, -0.2) is 18.1 Å². The molecule has 2 aromatic rings. The third-order valence-corrected chi connectivity index (χ3v) is 4.05. The van der Waals surface area contributed by atoms with E-state index in [4.69, 9.17) is 4.42 Å². The van der Waals surface area contributed by atoms with Gasteiger partial charge >= 0.3 is 5.76 Å². The van der Waals surface area contributed by atoms with Crippen LogP contribution in [0.5, 0.6) is 0 Å². The van der Waals surface area contributed by atoms with Gasteiger partial charge in [0.25, 0.3) is 0 Å². The number of hydrogen-bond donors (Lipinski definition) is 2. The monoisotopic (exact) mass is 246 g/mol. The van der Waals surface area contributed by atoms with Crippen molar-refractivity contribution in [2.75, 3.05) is 7.05 Å². The van der Waals surface area contributed by atoms with Crippen LogP contribution < -0.4 is 11.1 Å². The summed E-state index contributed by atoms with van der Waals surface area (Å²) in [6, 6.07) is 6.73. The molecule has 0 amide bonds. The number of H-pyrrole nitrogens is 1. The van der Waals surface area contributed by atoms with E-state index in [1.165, 1.54) is 31.2 Å². The summed E-state index contributed by atoms with van der Waals surface area (Å²) < 4.78 is 5.12. The minimum absolute atomic E-state index is 0.374. The molecule has 0 bridgehead atoms. The predicted molar refractivity (Wildman–Crippen MR) is 70.9 cm³/mol. The summed E-state index contributed by atoms with van der Waals surface area (Å²) in [5, 5.41) is 3.34. The Morgan fingerprint density at radius 1 is 1.28 bits per heavy atom. The molecule has 0 radical (unpaired) electrons. The summed E-state index contributed by atoms with van der Waals surface area (Å²) >= 11 is 0. The van der Waals surface area contributed by atoms with Crippen LogP contribution in [0.2, 0.25) is 0 Å². The molecule has 2 N–H and O–H groups in total. The highest BCUT2D eigenvalue weighted by Gasteiger charge is 2.21. The van der Waals surface area contributed by atoms with E-state index < -0.39 is 0 Å². The first-order chi connectivity index (χ1) is 8.76. The molecule has 1 aromatic heterocycles. The first-order valence-corrected chi connectivity index (χ1v) is 6.56. The van der Waals surface area contributed by atoms with Crippen molar-refractivity contribution in [2.45, 2.75) is 37.6 Å². The second kappa shape index (κ2) is 4.61. The smallest absolute Gasteiger partial charge is 0.408 e. The Labute approximate surface area is 105 Å². The molecule has 18 heavy (non-hydrogen) atoms. The van der Waals surface area contributed by atoms with Crippen molar-refractivity contribution in [1.82, 2.24) is 10.3 Å². The number of hydrogen-bond acceptors (Lipinski definition) is 3. The molecule has 4 heteroatoms. The van der Waals surface area contributed by atoms with Gasteiger partial charge in [-0.3, -0.25) is 4.98 Å². The molecular formula is C14H18N2O2.